The monoisotopic (exact) mass is 446 g/mol. The highest BCUT2D eigenvalue weighted by Gasteiger charge is 2.34. The lowest BCUT2D eigenvalue weighted by Gasteiger charge is -2.38. The summed E-state index contributed by atoms with van der Waals surface area (Å²) in [6.07, 6.45) is 2.61. The average molecular weight is 447 g/mol. The standard InChI is InChI=1S/C26H26N2O5/c29-25-14-19(20-12-17-4-3-5-18(17)13-23(20)33-25)15-28-16-24(26(30)27-8-10-31-11-9-27)32-22-7-2-1-6-21(22)28/h1-2,6-7,12-14,24H,3-5,8-11,15-16H2. The van der Waals surface area contributed by atoms with E-state index in [1.807, 2.05) is 35.2 Å². The summed E-state index contributed by atoms with van der Waals surface area (Å²) in [6, 6.07) is 13.6. The van der Waals surface area contributed by atoms with Gasteiger partial charge in [-0.2, -0.15) is 0 Å². The van der Waals surface area contributed by atoms with Crippen LogP contribution in [-0.4, -0.2) is 49.8 Å². The quantitative estimate of drug-likeness (QED) is 0.576. The second kappa shape index (κ2) is 8.23. The van der Waals surface area contributed by atoms with E-state index in [1.165, 1.54) is 11.1 Å². The maximum absolute atomic E-state index is 13.2. The van der Waals surface area contributed by atoms with Crippen molar-refractivity contribution in [2.45, 2.75) is 31.9 Å². The van der Waals surface area contributed by atoms with Gasteiger partial charge in [-0.15, -0.1) is 0 Å². The van der Waals surface area contributed by atoms with Crippen molar-refractivity contribution in [1.82, 2.24) is 4.90 Å². The molecule has 1 fully saturated rings. The first-order valence-electron chi connectivity index (χ1n) is 11.6. The Morgan fingerprint density at radius 3 is 2.67 bits per heavy atom. The van der Waals surface area contributed by atoms with Gasteiger partial charge in [-0.3, -0.25) is 4.79 Å². The van der Waals surface area contributed by atoms with Gasteiger partial charge in [-0.1, -0.05) is 12.1 Å². The van der Waals surface area contributed by atoms with Gasteiger partial charge in [0.15, 0.2) is 6.10 Å². The van der Waals surface area contributed by atoms with Crippen molar-refractivity contribution in [2.75, 3.05) is 37.7 Å². The minimum absolute atomic E-state index is 0.0203. The molecular weight excluding hydrogens is 420 g/mol. The number of ether oxygens (including phenoxy) is 2. The maximum Gasteiger partial charge on any atom is 0.336 e. The van der Waals surface area contributed by atoms with E-state index in [2.05, 4.69) is 11.0 Å². The predicted octanol–water partition coefficient (Wildman–Crippen LogP) is 2.91. The van der Waals surface area contributed by atoms with Gasteiger partial charge < -0.3 is 23.7 Å². The summed E-state index contributed by atoms with van der Waals surface area (Å²) < 4.78 is 17.1. The number of nitrogens with zero attached hydrogens (tertiary/aromatic N) is 2. The lowest BCUT2D eigenvalue weighted by Crippen LogP contribution is -2.52. The normalized spacial score (nSPS) is 19.8. The van der Waals surface area contributed by atoms with E-state index < -0.39 is 6.10 Å². The number of carbonyl (C=O) groups is 1. The number of fused-ring (bicyclic) bond motifs is 3. The summed E-state index contributed by atoms with van der Waals surface area (Å²) in [5, 5.41) is 0.968. The molecule has 0 saturated carbocycles. The molecule has 6 rings (SSSR count). The Balaban J connectivity index is 1.36. The van der Waals surface area contributed by atoms with E-state index in [9.17, 15) is 9.59 Å². The molecule has 2 aromatic carbocycles. The highest BCUT2D eigenvalue weighted by atomic mass is 16.5. The molecule has 7 nitrogen and oxygen atoms in total. The summed E-state index contributed by atoms with van der Waals surface area (Å²) >= 11 is 0. The second-order valence-corrected chi connectivity index (χ2v) is 8.95. The van der Waals surface area contributed by atoms with Crippen molar-refractivity contribution >= 4 is 22.6 Å². The number of rotatable bonds is 3. The first kappa shape index (κ1) is 20.3. The maximum atomic E-state index is 13.2. The number of anilines is 1. The first-order valence-corrected chi connectivity index (χ1v) is 11.6. The number of carbonyl (C=O) groups excluding carboxylic acids is 1. The fourth-order valence-corrected chi connectivity index (χ4v) is 5.20. The third-order valence-corrected chi connectivity index (χ3v) is 6.86. The van der Waals surface area contributed by atoms with Crippen molar-refractivity contribution in [3.8, 4) is 5.75 Å². The molecule has 1 amide bonds. The molecule has 3 heterocycles. The van der Waals surface area contributed by atoms with Gasteiger partial charge in [-0.05, 0) is 60.2 Å². The molecule has 1 aromatic heterocycles. The molecule has 2 aliphatic heterocycles. The SMILES string of the molecule is O=C(C1CN(Cc2cc(=O)oc3cc4c(cc23)CCC4)c2ccccc2O1)N1CCOCC1. The van der Waals surface area contributed by atoms with Gasteiger partial charge in [0.25, 0.3) is 5.91 Å². The van der Waals surface area contributed by atoms with Crippen molar-refractivity contribution in [3.05, 3.63) is 69.6 Å². The number of aryl methyl sites for hydroxylation is 2. The number of benzene rings is 2. The molecule has 1 aliphatic carbocycles. The van der Waals surface area contributed by atoms with E-state index in [4.69, 9.17) is 13.9 Å². The fraction of sp³-hybridized carbons (Fsp3) is 0.385. The molecule has 3 aromatic rings. The third kappa shape index (κ3) is 3.76. The molecule has 0 radical (unpaired) electrons. The van der Waals surface area contributed by atoms with Gasteiger partial charge in [0.2, 0.25) is 0 Å². The van der Waals surface area contributed by atoms with Crippen LogP contribution in [0.3, 0.4) is 0 Å². The van der Waals surface area contributed by atoms with Crippen LogP contribution in [0.2, 0.25) is 0 Å². The van der Waals surface area contributed by atoms with Crippen LogP contribution in [0.4, 0.5) is 5.69 Å². The summed E-state index contributed by atoms with van der Waals surface area (Å²) in [5.41, 5.74) is 4.73. The number of morpholine rings is 1. The van der Waals surface area contributed by atoms with Crippen molar-refractivity contribution in [1.29, 1.82) is 0 Å². The molecule has 0 spiro atoms. The van der Waals surface area contributed by atoms with Crippen LogP contribution in [0.1, 0.15) is 23.1 Å². The van der Waals surface area contributed by atoms with Crippen LogP contribution >= 0.6 is 0 Å². The summed E-state index contributed by atoms with van der Waals surface area (Å²) in [7, 11) is 0. The minimum atomic E-state index is -0.603. The number of hydrogen-bond donors (Lipinski definition) is 0. The van der Waals surface area contributed by atoms with Crippen LogP contribution in [0, 0.1) is 0 Å². The molecule has 7 heteroatoms. The van der Waals surface area contributed by atoms with Crippen molar-refractivity contribution in [3.63, 3.8) is 0 Å². The van der Waals surface area contributed by atoms with Crippen molar-refractivity contribution in [2.24, 2.45) is 0 Å². The Labute approximate surface area is 191 Å². The first-order chi connectivity index (χ1) is 16.2. The summed E-state index contributed by atoms with van der Waals surface area (Å²) in [5.74, 6) is 0.663. The van der Waals surface area contributed by atoms with Gasteiger partial charge >= 0.3 is 5.63 Å². The number of hydrogen-bond acceptors (Lipinski definition) is 6. The second-order valence-electron chi connectivity index (χ2n) is 8.95. The zero-order valence-electron chi connectivity index (χ0n) is 18.4. The van der Waals surface area contributed by atoms with E-state index in [-0.39, 0.29) is 11.5 Å². The number of amides is 1. The smallest absolute Gasteiger partial charge is 0.336 e. The molecular formula is C26H26N2O5. The lowest BCUT2D eigenvalue weighted by molar-refractivity contribution is -0.142. The Hall–Kier alpha value is -3.32. The predicted molar refractivity (Wildman–Crippen MR) is 124 cm³/mol. The van der Waals surface area contributed by atoms with Crippen LogP contribution in [0.15, 0.2) is 51.7 Å². The Morgan fingerprint density at radius 2 is 1.82 bits per heavy atom. The van der Waals surface area contributed by atoms with Crippen LogP contribution in [0.25, 0.3) is 11.0 Å². The minimum Gasteiger partial charge on any atom is -0.477 e. The van der Waals surface area contributed by atoms with Crippen LogP contribution < -0.4 is 15.3 Å². The van der Waals surface area contributed by atoms with Crippen LogP contribution in [-0.2, 0) is 28.9 Å². The topological polar surface area (TPSA) is 72.2 Å². The molecule has 3 aliphatic rings. The molecule has 1 saturated heterocycles. The zero-order valence-corrected chi connectivity index (χ0v) is 18.4. The van der Waals surface area contributed by atoms with Gasteiger partial charge in [0.05, 0.1) is 25.4 Å². The average Bonchev–Trinajstić information content (AvgIpc) is 3.30. The van der Waals surface area contributed by atoms with E-state index in [1.54, 1.807) is 6.07 Å². The highest BCUT2D eigenvalue weighted by Crippen LogP contribution is 2.36. The van der Waals surface area contributed by atoms with E-state index >= 15 is 0 Å². The largest absolute Gasteiger partial charge is 0.477 e. The molecule has 0 bridgehead atoms. The third-order valence-electron chi connectivity index (χ3n) is 6.86. The van der Waals surface area contributed by atoms with Gasteiger partial charge in [0.1, 0.15) is 11.3 Å². The molecule has 0 N–H and O–H groups in total. The van der Waals surface area contributed by atoms with Gasteiger partial charge in [-0.25, -0.2) is 4.79 Å². The van der Waals surface area contributed by atoms with Gasteiger partial charge in [0, 0.05) is 31.1 Å². The summed E-state index contributed by atoms with van der Waals surface area (Å²) in [6.45, 7) is 3.17. The van der Waals surface area contributed by atoms with E-state index in [0.29, 0.717) is 50.7 Å². The molecule has 170 valence electrons. The fourth-order valence-electron chi connectivity index (χ4n) is 5.20. The zero-order chi connectivity index (χ0) is 22.4. The Morgan fingerprint density at radius 1 is 1.03 bits per heavy atom. The Bertz CT molecular complexity index is 1280. The number of para-hydroxylation sites is 2. The van der Waals surface area contributed by atoms with E-state index in [0.717, 1.165) is 35.9 Å². The Kier molecular flexibility index (Phi) is 5.06. The van der Waals surface area contributed by atoms with Crippen molar-refractivity contribution < 1.29 is 18.7 Å². The lowest BCUT2D eigenvalue weighted by atomic mass is 10.0. The highest BCUT2D eigenvalue weighted by molar-refractivity contribution is 5.85. The van der Waals surface area contributed by atoms with Crippen LogP contribution in [0.5, 0.6) is 5.75 Å². The summed E-state index contributed by atoms with van der Waals surface area (Å²) in [4.78, 5) is 29.6. The molecule has 33 heavy (non-hydrogen) atoms. The molecule has 1 unspecified atom stereocenters. The molecule has 1 atom stereocenters.